The number of hydrogen-bond acceptors (Lipinski definition) is 23. The summed E-state index contributed by atoms with van der Waals surface area (Å²) in [5, 5.41) is 75.0. The van der Waals surface area contributed by atoms with E-state index >= 15 is 4.79 Å². The summed E-state index contributed by atoms with van der Waals surface area (Å²) in [6.07, 6.45) is 2.65. The van der Waals surface area contributed by atoms with Crippen LogP contribution in [0.5, 0.6) is 23.0 Å². The van der Waals surface area contributed by atoms with Crippen molar-refractivity contribution >= 4 is 118 Å². The lowest BCUT2D eigenvalue weighted by Crippen LogP contribution is -2.65. The fraction of sp³-hybridized carbons (Fsp3) is 0.549. The average Bonchev–Trinajstić information content (AvgIpc) is 1.51. The number of carboxylic acids is 2. The molecule has 3 aliphatic rings. The van der Waals surface area contributed by atoms with Gasteiger partial charge < -0.3 is 120 Å². The maximum Gasteiger partial charge on any atom is 0.340 e. The zero-order valence-corrected chi connectivity index (χ0v) is 76.9. The standard InChI is InChI=1S/C91H126FN15O24S/c1-50(2)39-64(78(119)97-53(7)76(117)106-90(10,84(94)125)47-54-23-19-20-24-62(54)92)100-81(122)67(45-74(113)114)101-79(120)65(40-51(3)4)104-86(127)89(9)34-22-18-16-14-12-11-13-15-17-21-33-88(8,85(126)103-66(41-52(5)6)80(121)102-68(46-75(115)116)82(123)107-89)105-72(111)48-96-77(118)63(31-32-71(93)110)99-73(112)49-129-38-37-128-36-35-95-87(132)98-55-25-28-59-58(42-55)83(124)131-91(59)60-29-26-56(108)43-69(60)130-70-44-57(109)27-30-61(70)91/h19-20,23-30,42-44,50-53,63-68,108-109H,11-18,21-22,31-41,45-49H2,1-10H3,(H2,93,110)(H2,94,125)(H,96,118)(H,97,119)(H,99,112)(H,100,122)(H,101,120)(H,102,121)(H,103,126)(H,104,127)(H,105,111)(H,106,117)(H,107,123)(H,113,114)(H,115,116)(H2,95,98,132)/t53-,63-,64-,65-,66-,67-,68-,88-,89-,90-/m0/s1. The van der Waals surface area contributed by atoms with Crippen molar-refractivity contribution in [3.05, 3.63) is 112 Å². The van der Waals surface area contributed by atoms with Crippen LogP contribution in [-0.4, -0.2) is 219 Å². The molecule has 1 spiro atoms. The third kappa shape index (κ3) is 31.6. The Labute approximate surface area is 770 Å². The second-order valence-corrected chi connectivity index (χ2v) is 35.8. The van der Waals surface area contributed by atoms with Gasteiger partial charge in [-0.2, -0.15) is 0 Å². The summed E-state index contributed by atoms with van der Waals surface area (Å²) >= 11 is 5.51. The molecule has 1 saturated heterocycles. The number of halogens is 1. The minimum absolute atomic E-state index is 0.00238. The largest absolute Gasteiger partial charge is 0.508 e. The van der Waals surface area contributed by atoms with E-state index in [1.165, 1.54) is 70.2 Å². The van der Waals surface area contributed by atoms with Crippen molar-refractivity contribution < 1.29 is 120 Å². The molecule has 3 heterocycles. The highest BCUT2D eigenvalue weighted by Crippen LogP contribution is 2.57. The fourth-order valence-electron chi connectivity index (χ4n) is 15.5. The van der Waals surface area contributed by atoms with Crippen molar-refractivity contribution in [3.63, 3.8) is 0 Å². The lowest BCUT2D eigenvalue weighted by Gasteiger charge is -2.36. The van der Waals surface area contributed by atoms with E-state index in [9.17, 15) is 96.7 Å². The number of thiocarbonyl (C=S) groups is 1. The molecule has 722 valence electrons. The minimum atomic E-state index is -2.01. The van der Waals surface area contributed by atoms with E-state index in [1.807, 2.05) is 0 Å². The van der Waals surface area contributed by atoms with Crippen LogP contribution in [0, 0.1) is 23.6 Å². The van der Waals surface area contributed by atoms with Gasteiger partial charge in [-0.05, 0) is 144 Å². The molecule has 21 N–H and O–H groups in total. The Bertz CT molecular complexity index is 4810. The van der Waals surface area contributed by atoms with Crippen LogP contribution >= 0.6 is 12.2 Å². The number of carbonyl (C=O) groups excluding carboxylic acids is 14. The highest BCUT2D eigenvalue weighted by molar-refractivity contribution is 7.80. The summed E-state index contributed by atoms with van der Waals surface area (Å²) in [7, 11) is 0. The van der Waals surface area contributed by atoms with Crippen LogP contribution < -0.4 is 85.3 Å². The van der Waals surface area contributed by atoms with Crippen molar-refractivity contribution in [2.45, 2.75) is 262 Å². The summed E-state index contributed by atoms with van der Waals surface area (Å²) in [5.74, 6) is -17.9. The number of anilines is 1. The number of carboxylic acid groups (broad SMARTS) is 2. The number of nitrogens with two attached hydrogens (primary N) is 2. The maximum absolute atomic E-state index is 15.0. The first kappa shape index (κ1) is 106. The zero-order chi connectivity index (χ0) is 97.5. The van der Waals surface area contributed by atoms with Crippen LogP contribution in [0.3, 0.4) is 0 Å². The first-order valence-electron chi connectivity index (χ1n) is 44.3. The third-order valence-electron chi connectivity index (χ3n) is 22.6. The van der Waals surface area contributed by atoms with Crippen LogP contribution in [-0.2, 0) is 98.2 Å². The zero-order valence-electron chi connectivity index (χ0n) is 76.1. The Morgan fingerprint density at radius 3 is 1.76 bits per heavy atom. The Kier molecular flexibility index (Phi) is 39.9. The SMILES string of the molecule is CC(C)C[C@H](NC(=O)[C@H](CC(=O)O)NC(=O)[C@H](CC(C)C)NC(=O)[C@]1(C)CCCCCCCCCCCC[C@](C)(NC(=O)CNC(=O)[C@H](CCC(N)=O)NC(=O)COCCOCCNC(=S)Nc2ccc3c(c2)C(=O)OC32c3ccc(O)cc3Oc3cc(O)ccc32)C(=O)N[C@@H](CC(C)C)C(=O)N[C@@H](CC(=O)O)C(=O)N1)C(=O)N[C@@H](C)C(=O)N[C@@](C)(Cc1ccccc1F)C(N)=O. The van der Waals surface area contributed by atoms with Crippen LogP contribution in [0.25, 0.3) is 0 Å². The average molecular weight is 1870 g/mol. The highest BCUT2D eigenvalue weighted by atomic mass is 32.1. The van der Waals surface area contributed by atoms with Crippen molar-refractivity contribution in [2.24, 2.45) is 29.2 Å². The molecule has 0 radical (unpaired) electrons. The normalized spacial score (nSPS) is 19.3. The Morgan fingerprint density at radius 1 is 0.606 bits per heavy atom. The summed E-state index contributed by atoms with van der Waals surface area (Å²) in [6.45, 7) is 14.4. The molecule has 0 aliphatic carbocycles. The third-order valence-corrected chi connectivity index (χ3v) is 22.8. The van der Waals surface area contributed by atoms with Gasteiger partial charge in [0.05, 0.1) is 44.8 Å². The predicted octanol–water partition coefficient (Wildman–Crippen LogP) is 4.05. The quantitative estimate of drug-likeness (QED) is 0.0170. The lowest BCUT2D eigenvalue weighted by atomic mass is 9.77. The van der Waals surface area contributed by atoms with Crippen molar-refractivity contribution in [1.82, 2.24) is 63.8 Å². The number of benzene rings is 4. The molecule has 0 unspecified atom stereocenters. The molecule has 41 heteroatoms. The number of amides is 13. The summed E-state index contributed by atoms with van der Waals surface area (Å²) < 4.78 is 38.0. The molecule has 0 aromatic heterocycles. The number of aliphatic carboxylic acids is 2. The highest BCUT2D eigenvalue weighted by Gasteiger charge is 2.54. The summed E-state index contributed by atoms with van der Waals surface area (Å²) in [5.41, 5.74) is 6.11. The number of rotatable bonds is 40. The molecule has 10 atom stereocenters. The number of carbonyl (C=O) groups is 16. The van der Waals surface area contributed by atoms with Gasteiger partial charge in [-0.3, -0.25) is 71.9 Å². The summed E-state index contributed by atoms with van der Waals surface area (Å²) in [6, 6.07) is 8.09. The lowest BCUT2D eigenvalue weighted by molar-refractivity contribution is -0.143. The number of hydrogen-bond donors (Lipinski definition) is 19. The van der Waals surface area contributed by atoms with Crippen molar-refractivity contribution in [2.75, 3.05) is 44.8 Å². The minimum Gasteiger partial charge on any atom is -0.508 e. The van der Waals surface area contributed by atoms with Crippen LogP contribution in [0.15, 0.2) is 78.9 Å². The molecule has 132 heavy (non-hydrogen) atoms. The molecule has 3 aliphatic heterocycles. The van der Waals surface area contributed by atoms with Gasteiger partial charge in [-0.15, -0.1) is 0 Å². The van der Waals surface area contributed by atoms with Gasteiger partial charge in [-0.25, -0.2) is 9.18 Å². The monoisotopic (exact) mass is 1860 g/mol. The first-order valence-corrected chi connectivity index (χ1v) is 44.7. The van der Waals surface area contributed by atoms with E-state index in [4.69, 9.17) is 42.6 Å². The molecule has 4 aromatic carbocycles. The van der Waals surface area contributed by atoms with Gasteiger partial charge in [0, 0.05) is 53.9 Å². The number of fused-ring (bicyclic) bond motifs is 6. The number of phenols is 2. The molecule has 39 nitrogen and oxygen atoms in total. The van der Waals surface area contributed by atoms with Gasteiger partial charge in [0.25, 0.3) is 0 Å². The second-order valence-electron chi connectivity index (χ2n) is 35.4. The number of esters is 1. The van der Waals surface area contributed by atoms with Crippen LogP contribution in [0.1, 0.15) is 224 Å². The van der Waals surface area contributed by atoms with Gasteiger partial charge in [0.15, 0.2) is 10.7 Å². The molecular formula is C91H126FN15O24S. The van der Waals surface area contributed by atoms with E-state index < -0.39 is 197 Å². The molecule has 0 bridgehead atoms. The molecular weight excluding hydrogens is 1740 g/mol. The topological polar surface area (TPSA) is 599 Å². The Morgan fingerprint density at radius 2 is 1.17 bits per heavy atom. The number of primary amides is 2. The van der Waals surface area contributed by atoms with Gasteiger partial charge >= 0.3 is 17.9 Å². The molecule has 1 fully saturated rings. The van der Waals surface area contributed by atoms with E-state index in [1.54, 1.807) is 71.9 Å². The van der Waals surface area contributed by atoms with E-state index in [2.05, 4.69) is 69.1 Å². The number of phenolic OH excluding ortho intramolecular Hbond substituents is 2. The Balaban J connectivity index is 0.952. The van der Waals surface area contributed by atoms with Gasteiger partial charge in [0.1, 0.15) is 94.3 Å². The van der Waals surface area contributed by atoms with Crippen LogP contribution in [0.4, 0.5) is 10.1 Å². The van der Waals surface area contributed by atoms with Gasteiger partial charge in [0.2, 0.25) is 76.8 Å². The molecule has 7 rings (SSSR count). The predicted molar refractivity (Wildman–Crippen MR) is 482 cm³/mol. The Hall–Kier alpha value is -12.7. The number of nitrogens with one attached hydrogen (secondary N) is 13. The van der Waals surface area contributed by atoms with E-state index in [0.29, 0.717) is 48.1 Å². The molecule has 4 aromatic rings. The van der Waals surface area contributed by atoms with Gasteiger partial charge in [-0.1, -0.05) is 130 Å². The number of ether oxygens (including phenoxy) is 4. The van der Waals surface area contributed by atoms with Crippen molar-refractivity contribution in [1.29, 1.82) is 0 Å². The fourth-order valence-corrected chi connectivity index (χ4v) is 15.7. The molecule has 13 amide bonds. The molecule has 0 saturated carbocycles. The van der Waals surface area contributed by atoms with E-state index in [0.717, 1.165) is 38.2 Å². The summed E-state index contributed by atoms with van der Waals surface area (Å²) in [4.78, 5) is 220. The van der Waals surface area contributed by atoms with E-state index in [-0.39, 0.29) is 135 Å². The smallest absolute Gasteiger partial charge is 0.340 e. The first-order chi connectivity index (χ1) is 62.2. The second kappa shape index (κ2) is 49.5. The van der Waals surface area contributed by atoms with Crippen molar-refractivity contribution in [3.8, 4) is 23.0 Å². The number of aromatic hydroxyl groups is 2. The maximum atomic E-state index is 15.0. The van der Waals surface area contributed by atoms with Crippen LogP contribution in [0.2, 0.25) is 0 Å².